The maximum atomic E-state index is 13.7. The highest BCUT2D eigenvalue weighted by Gasteiger charge is 2.23. The molecule has 0 bridgehead atoms. The molecule has 3 aromatic rings. The number of nitrogens with zero attached hydrogens (tertiary/aromatic N) is 3. The Hall–Kier alpha value is -3.19. The van der Waals surface area contributed by atoms with Crippen LogP contribution in [0.25, 0.3) is 10.9 Å². The van der Waals surface area contributed by atoms with Gasteiger partial charge < -0.3 is 19.7 Å². The van der Waals surface area contributed by atoms with Crippen LogP contribution < -0.4 is 10.7 Å². The molecule has 0 spiro atoms. The molecule has 2 N–H and O–H groups in total. The second-order valence-corrected chi connectivity index (χ2v) is 10.9. The number of ether oxygens (including phenoxy) is 1. The van der Waals surface area contributed by atoms with E-state index < -0.39 is 5.91 Å². The number of morpholine rings is 1. The van der Waals surface area contributed by atoms with Gasteiger partial charge in [0.25, 0.3) is 5.91 Å². The number of carbonyl (C=O) groups is 1. The summed E-state index contributed by atoms with van der Waals surface area (Å²) in [5.41, 5.74) is 3.11. The van der Waals surface area contributed by atoms with E-state index in [-0.39, 0.29) is 30.2 Å². The van der Waals surface area contributed by atoms with Crippen molar-refractivity contribution in [3.05, 3.63) is 80.1 Å². The van der Waals surface area contributed by atoms with Crippen LogP contribution in [0.4, 0.5) is 0 Å². The number of likely N-dealkylation sites (tertiary alicyclic amines) is 1. The summed E-state index contributed by atoms with van der Waals surface area (Å²) in [5, 5.41) is 13.6. The van der Waals surface area contributed by atoms with Crippen LogP contribution in [0.15, 0.2) is 47.4 Å². The van der Waals surface area contributed by atoms with E-state index in [0.29, 0.717) is 42.2 Å². The third kappa shape index (κ3) is 6.57. The van der Waals surface area contributed by atoms with Crippen molar-refractivity contribution in [2.24, 2.45) is 7.05 Å². The largest absolute Gasteiger partial charge is 0.395 e. The molecule has 5 rings (SSSR count). The average molecular weight is 563 g/mol. The number of fused-ring (bicyclic) bond motifs is 1. The molecule has 9 heteroatoms. The molecular weight excluding hydrogens is 528 g/mol. The van der Waals surface area contributed by atoms with Crippen LogP contribution in [0, 0.1) is 11.8 Å². The number of carbonyl (C=O) groups excluding carboxylic acids is 1. The van der Waals surface area contributed by atoms with Crippen LogP contribution in [0.5, 0.6) is 0 Å². The lowest BCUT2D eigenvalue weighted by Gasteiger charge is -2.26. The quantitative estimate of drug-likeness (QED) is 0.431. The summed E-state index contributed by atoms with van der Waals surface area (Å²) in [4.78, 5) is 31.4. The molecule has 2 fully saturated rings. The zero-order valence-corrected chi connectivity index (χ0v) is 23.5. The first-order valence-corrected chi connectivity index (χ1v) is 14.1. The van der Waals surface area contributed by atoms with E-state index >= 15 is 0 Å². The first-order valence-electron chi connectivity index (χ1n) is 13.8. The third-order valence-corrected chi connectivity index (χ3v) is 7.92. The molecule has 2 saturated heterocycles. The van der Waals surface area contributed by atoms with Gasteiger partial charge in [-0.05, 0) is 54.8 Å². The minimum atomic E-state index is -0.423. The molecule has 1 amide bonds. The Balaban J connectivity index is 1.48. The molecule has 40 heavy (non-hydrogen) atoms. The van der Waals surface area contributed by atoms with Crippen molar-refractivity contribution < 1.29 is 14.6 Å². The van der Waals surface area contributed by atoms with Gasteiger partial charge in [-0.25, -0.2) is 0 Å². The van der Waals surface area contributed by atoms with Crippen molar-refractivity contribution in [3.63, 3.8) is 0 Å². The Bertz CT molecular complexity index is 1490. The van der Waals surface area contributed by atoms with Crippen molar-refractivity contribution in [1.29, 1.82) is 0 Å². The highest BCUT2D eigenvalue weighted by molar-refractivity contribution is 6.30. The lowest BCUT2D eigenvalue weighted by molar-refractivity contribution is 0.0342. The topological polar surface area (TPSA) is 87.0 Å². The number of pyridine rings is 1. The Morgan fingerprint density at radius 3 is 2.67 bits per heavy atom. The maximum Gasteiger partial charge on any atom is 0.257 e. The van der Waals surface area contributed by atoms with Crippen molar-refractivity contribution in [3.8, 4) is 11.8 Å². The maximum absolute atomic E-state index is 13.7. The molecule has 2 aliphatic heterocycles. The standard InChI is InChI=1S/C31H35ClN4O4/c1-34-20-28(31(39)33-18-22-6-8-25(32)9-7-22)30(38)27-17-23(19-35-12-14-40-15-13-35)16-24(29(27)34)4-2-10-36-11-3-5-26(36)21-37/h6-9,16-17,20,26,37H,3,5,10-15,18-19,21H2,1H3,(H,33,39). The normalized spacial score (nSPS) is 18.0. The third-order valence-electron chi connectivity index (χ3n) is 7.67. The molecule has 0 aliphatic carbocycles. The number of aliphatic hydroxyl groups is 1. The van der Waals surface area contributed by atoms with Crippen molar-refractivity contribution >= 4 is 28.4 Å². The molecule has 1 atom stereocenters. The Kier molecular flexibility index (Phi) is 9.20. The zero-order chi connectivity index (χ0) is 28.1. The van der Waals surface area contributed by atoms with E-state index in [0.717, 1.165) is 49.2 Å². The second kappa shape index (κ2) is 13.0. The molecule has 8 nitrogen and oxygen atoms in total. The monoisotopic (exact) mass is 562 g/mol. The Morgan fingerprint density at radius 2 is 1.93 bits per heavy atom. The van der Waals surface area contributed by atoms with Crippen LogP contribution in [-0.2, 0) is 24.9 Å². The molecule has 0 saturated carbocycles. The number of halogens is 1. The van der Waals surface area contributed by atoms with Gasteiger partial charge in [-0.15, -0.1) is 0 Å². The second-order valence-electron chi connectivity index (χ2n) is 10.5. The number of amides is 1. The molecule has 2 aromatic carbocycles. The molecule has 0 radical (unpaired) electrons. The van der Waals surface area contributed by atoms with Gasteiger partial charge in [-0.2, -0.15) is 0 Å². The number of hydrogen-bond donors (Lipinski definition) is 2. The molecular formula is C31H35ClN4O4. The van der Waals surface area contributed by atoms with E-state index in [9.17, 15) is 14.7 Å². The summed E-state index contributed by atoms with van der Waals surface area (Å²) < 4.78 is 7.32. The predicted molar refractivity (Wildman–Crippen MR) is 156 cm³/mol. The summed E-state index contributed by atoms with van der Waals surface area (Å²) in [6, 6.07) is 11.3. The predicted octanol–water partition coefficient (Wildman–Crippen LogP) is 2.76. The van der Waals surface area contributed by atoms with Gasteiger partial charge in [-0.1, -0.05) is 35.6 Å². The summed E-state index contributed by atoms with van der Waals surface area (Å²) in [7, 11) is 1.84. The van der Waals surface area contributed by atoms with Crippen LogP contribution >= 0.6 is 11.6 Å². The van der Waals surface area contributed by atoms with Crippen molar-refractivity contribution in [2.75, 3.05) is 46.0 Å². The Morgan fingerprint density at radius 1 is 1.15 bits per heavy atom. The fourth-order valence-corrected chi connectivity index (χ4v) is 5.63. The van der Waals surface area contributed by atoms with Crippen molar-refractivity contribution in [1.82, 2.24) is 19.7 Å². The number of aromatic nitrogens is 1. The highest BCUT2D eigenvalue weighted by atomic mass is 35.5. The van der Waals surface area contributed by atoms with E-state index in [1.54, 1.807) is 18.3 Å². The highest BCUT2D eigenvalue weighted by Crippen LogP contribution is 2.21. The van der Waals surface area contributed by atoms with Crippen LogP contribution in [0.1, 0.15) is 39.9 Å². The number of benzene rings is 2. The van der Waals surface area contributed by atoms with E-state index in [1.807, 2.05) is 29.8 Å². The minimum Gasteiger partial charge on any atom is -0.395 e. The lowest BCUT2D eigenvalue weighted by atomic mass is 10.0. The molecule has 2 aliphatic rings. The van der Waals surface area contributed by atoms with Gasteiger partial charge in [0.05, 0.1) is 31.9 Å². The average Bonchev–Trinajstić information content (AvgIpc) is 3.42. The van der Waals surface area contributed by atoms with Gasteiger partial charge in [0.1, 0.15) is 5.56 Å². The number of nitrogens with one attached hydrogen (secondary N) is 1. The first-order chi connectivity index (χ1) is 19.4. The Labute approximate surface area is 239 Å². The minimum absolute atomic E-state index is 0.0919. The summed E-state index contributed by atoms with van der Waals surface area (Å²) in [6.45, 7) is 5.58. The van der Waals surface area contributed by atoms with Gasteiger partial charge >= 0.3 is 0 Å². The van der Waals surface area contributed by atoms with Crippen LogP contribution in [0.3, 0.4) is 0 Å². The first kappa shape index (κ1) is 28.3. The van der Waals surface area contributed by atoms with Crippen LogP contribution in [-0.4, -0.2) is 77.4 Å². The van der Waals surface area contributed by atoms with E-state index in [2.05, 4.69) is 33.0 Å². The van der Waals surface area contributed by atoms with Crippen molar-refractivity contribution in [2.45, 2.75) is 32.0 Å². The SMILES string of the molecule is Cn1cc(C(=O)NCc2ccc(Cl)cc2)c(=O)c2cc(CN3CCOCC3)cc(C#CCN3CCCC3CO)c21. The lowest BCUT2D eigenvalue weighted by Crippen LogP contribution is -2.35. The summed E-state index contributed by atoms with van der Waals surface area (Å²) in [5.74, 6) is 6.18. The number of aryl methyl sites for hydroxylation is 1. The van der Waals surface area contributed by atoms with Gasteiger partial charge in [-0.3, -0.25) is 19.4 Å². The molecule has 1 unspecified atom stereocenters. The fraction of sp³-hybridized carbons (Fsp3) is 0.419. The zero-order valence-electron chi connectivity index (χ0n) is 22.8. The smallest absolute Gasteiger partial charge is 0.257 e. The van der Waals surface area contributed by atoms with E-state index in [1.165, 1.54) is 0 Å². The molecule has 1 aromatic heterocycles. The summed E-state index contributed by atoms with van der Waals surface area (Å²) >= 11 is 5.97. The molecule has 3 heterocycles. The number of rotatable bonds is 7. The van der Waals surface area contributed by atoms with Gasteiger partial charge in [0, 0.05) is 61.4 Å². The fourth-order valence-electron chi connectivity index (χ4n) is 5.50. The molecule has 210 valence electrons. The van der Waals surface area contributed by atoms with Gasteiger partial charge in [0.2, 0.25) is 5.43 Å². The van der Waals surface area contributed by atoms with Gasteiger partial charge in [0.15, 0.2) is 0 Å². The number of hydrogen-bond acceptors (Lipinski definition) is 6. The summed E-state index contributed by atoms with van der Waals surface area (Å²) in [6.07, 6.45) is 3.63. The number of aliphatic hydroxyl groups excluding tert-OH is 1. The van der Waals surface area contributed by atoms with Crippen LogP contribution in [0.2, 0.25) is 5.02 Å². The van der Waals surface area contributed by atoms with E-state index in [4.69, 9.17) is 16.3 Å².